The number of hydrogen-bond donors (Lipinski definition) is 1. The monoisotopic (exact) mass is 277 g/mol. The molecule has 2 N–H and O–H groups in total. The van der Waals surface area contributed by atoms with E-state index >= 15 is 0 Å². The van der Waals surface area contributed by atoms with E-state index in [-0.39, 0.29) is 17.3 Å². The third kappa shape index (κ3) is 2.51. The molecule has 2 aliphatic rings. The molecule has 0 aliphatic carbocycles. The lowest BCUT2D eigenvalue weighted by Crippen LogP contribution is -2.42. The van der Waals surface area contributed by atoms with Crippen molar-refractivity contribution >= 4 is 23.2 Å². The summed E-state index contributed by atoms with van der Waals surface area (Å²) < 4.78 is 5.97. The normalized spacial score (nSPS) is 30.6. The molecule has 0 bridgehead atoms. The van der Waals surface area contributed by atoms with Gasteiger partial charge in [0.15, 0.2) is 5.78 Å². The maximum atomic E-state index is 12.6. The molecule has 0 amide bonds. The van der Waals surface area contributed by atoms with E-state index in [1.165, 1.54) is 0 Å². The van der Waals surface area contributed by atoms with Gasteiger partial charge in [0.2, 0.25) is 0 Å². The number of hydrogen-bond acceptors (Lipinski definition) is 4. The highest BCUT2D eigenvalue weighted by Gasteiger charge is 2.42. The van der Waals surface area contributed by atoms with Crippen LogP contribution >= 0.6 is 11.8 Å². The largest absolute Gasteiger partial charge is 0.398 e. The number of carbonyl (C=O) groups is 1. The van der Waals surface area contributed by atoms with Gasteiger partial charge < -0.3 is 10.5 Å². The molecule has 1 aromatic carbocycles. The van der Waals surface area contributed by atoms with Gasteiger partial charge in [-0.15, -0.1) is 0 Å². The number of Topliss-reactive ketones (excluding diaryl/α,β-unsaturated/α-hetero) is 1. The Balaban J connectivity index is 1.78. The van der Waals surface area contributed by atoms with Gasteiger partial charge in [-0.3, -0.25) is 4.79 Å². The number of rotatable bonds is 2. The summed E-state index contributed by atoms with van der Waals surface area (Å²) in [5.41, 5.74) is 7.14. The molecule has 1 aromatic rings. The maximum absolute atomic E-state index is 12.6. The Hall–Kier alpha value is -1.00. The predicted molar refractivity (Wildman–Crippen MR) is 78.5 cm³/mol. The van der Waals surface area contributed by atoms with Gasteiger partial charge in [0.05, 0.1) is 5.60 Å². The average Bonchev–Trinajstić information content (AvgIpc) is 2.86. The molecule has 2 fully saturated rings. The van der Waals surface area contributed by atoms with E-state index in [0.717, 1.165) is 30.8 Å². The fraction of sp³-hybridized carbons (Fsp3) is 0.533. The zero-order valence-corrected chi connectivity index (χ0v) is 11.7. The highest BCUT2D eigenvalue weighted by atomic mass is 32.2. The number of benzene rings is 1. The van der Waals surface area contributed by atoms with E-state index in [2.05, 4.69) is 0 Å². The first-order chi connectivity index (χ1) is 9.20. The molecular weight excluding hydrogens is 258 g/mol. The minimum Gasteiger partial charge on any atom is -0.398 e. The Morgan fingerprint density at radius 1 is 1.42 bits per heavy atom. The Bertz CT molecular complexity index is 483. The Labute approximate surface area is 117 Å². The molecule has 1 spiro atoms. The summed E-state index contributed by atoms with van der Waals surface area (Å²) in [6, 6.07) is 7.38. The minimum absolute atomic E-state index is 0.0488. The lowest BCUT2D eigenvalue weighted by Gasteiger charge is -2.37. The van der Waals surface area contributed by atoms with Gasteiger partial charge in [-0.1, -0.05) is 12.1 Å². The lowest BCUT2D eigenvalue weighted by molar-refractivity contribution is -0.0734. The molecule has 2 unspecified atom stereocenters. The zero-order valence-electron chi connectivity index (χ0n) is 10.9. The van der Waals surface area contributed by atoms with Crippen LogP contribution in [0.2, 0.25) is 0 Å². The summed E-state index contributed by atoms with van der Waals surface area (Å²) in [5, 5.41) is 0. The van der Waals surface area contributed by atoms with Crippen molar-refractivity contribution in [2.45, 2.75) is 24.9 Å². The van der Waals surface area contributed by atoms with Gasteiger partial charge in [0, 0.05) is 29.5 Å². The molecule has 2 atom stereocenters. The predicted octanol–water partition coefficient (Wildman–Crippen LogP) is 2.75. The number of thioether (sulfide) groups is 1. The van der Waals surface area contributed by atoms with E-state index in [0.29, 0.717) is 17.9 Å². The van der Waals surface area contributed by atoms with Crippen LogP contribution in [0.15, 0.2) is 24.3 Å². The zero-order chi connectivity index (χ0) is 13.3. The van der Waals surface area contributed by atoms with Crippen LogP contribution in [-0.4, -0.2) is 29.5 Å². The van der Waals surface area contributed by atoms with Crippen molar-refractivity contribution < 1.29 is 9.53 Å². The van der Waals surface area contributed by atoms with Crippen molar-refractivity contribution in [2.75, 3.05) is 23.8 Å². The average molecular weight is 277 g/mol. The number of para-hydroxylation sites is 1. The van der Waals surface area contributed by atoms with Crippen molar-refractivity contribution in [2.24, 2.45) is 5.92 Å². The second kappa shape index (κ2) is 5.17. The molecule has 2 saturated heterocycles. The fourth-order valence-corrected chi connectivity index (χ4v) is 4.43. The minimum atomic E-state index is -0.0488. The molecule has 0 saturated carbocycles. The summed E-state index contributed by atoms with van der Waals surface area (Å²) in [6.07, 6.45) is 2.75. The summed E-state index contributed by atoms with van der Waals surface area (Å²) in [7, 11) is 0. The standard InChI is InChI=1S/C15H19NO2S/c16-13-4-2-1-3-12(13)14(17)11-5-7-18-15(9-11)6-8-19-10-15/h1-4,11H,5-10,16H2. The second-order valence-electron chi connectivity index (χ2n) is 5.48. The smallest absolute Gasteiger partial charge is 0.168 e. The molecule has 102 valence electrons. The van der Waals surface area contributed by atoms with Crippen LogP contribution in [0.1, 0.15) is 29.6 Å². The number of carbonyl (C=O) groups excluding carboxylic acids is 1. The molecule has 2 heterocycles. The first-order valence-electron chi connectivity index (χ1n) is 6.81. The summed E-state index contributed by atoms with van der Waals surface area (Å²) in [6.45, 7) is 0.698. The van der Waals surface area contributed by atoms with Crippen LogP contribution in [0.4, 0.5) is 5.69 Å². The van der Waals surface area contributed by atoms with Gasteiger partial charge in [-0.25, -0.2) is 0 Å². The van der Waals surface area contributed by atoms with Crippen LogP contribution in [0.3, 0.4) is 0 Å². The van der Waals surface area contributed by atoms with E-state index in [1.54, 1.807) is 6.07 Å². The quantitative estimate of drug-likeness (QED) is 0.667. The summed E-state index contributed by atoms with van der Waals surface area (Å²) >= 11 is 1.93. The highest BCUT2D eigenvalue weighted by Crippen LogP contribution is 2.41. The van der Waals surface area contributed by atoms with Gasteiger partial charge in [0.25, 0.3) is 0 Å². The maximum Gasteiger partial charge on any atom is 0.168 e. The van der Waals surface area contributed by atoms with E-state index < -0.39 is 0 Å². The van der Waals surface area contributed by atoms with Crippen LogP contribution in [0.25, 0.3) is 0 Å². The first-order valence-corrected chi connectivity index (χ1v) is 7.96. The van der Waals surface area contributed by atoms with Crippen molar-refractivity contribution in [1.82, 2.24) is 0 Å². The summed E-state index contributed by atoms with van der Waals surface area (Å²) in [4.78, 5) is 12.6. The van der Waals surface area contributed by atoms with E-state index in [1.807, 2.05) is 30.0 Å². The van der Waals surface area contributed by atoms with Crippen molar-refractivity contribution in [1.29, 1.82) is 0 Å². The third-order valence-electron chi connectivity index (χ3n) is 4.16. The number of nitrogen functional groups attached to an aromatic ring is 1. The van der Waals surface area contributed by atoms with Gasteiger partial charge >= 0.3 is 0 Å². The molecule has 4 heteroatoms. The number of ether oxygens (including phenoxy) is 1. The molecule has 19 heavy (non-hydrogen) atoms. The Morgan fingerprint density at radius 2 is 2.26 bits per heavy atom. The topological polar surface area (TPSA) is 52.3 Å². The van der Waals surface area contributed by atoms with Crippen molar-refractivity contribution in [3.05, 3.63) is 29.8 Å². The molecule has 2 aliphatic heterocycles. The SMILES string of the molecule is Nc1ccccc1C(=O)C1CCOC2(CCSC2)C1. The van der Waals surface area contributed by atoms with Crippen molar-refractivity contribution in [3.63, 3.8) is 0 Å². The molecule has 0 aromatic heterocycles. The third-order valence-corrected chi connectivity index (χ3v) is 5.38. The Kier molecular flexibility index (Phi) is 3.54. The van der Waals surface area contributed by atoms with Crippen LogP contribution in [0.5, 0.6) is 0 Å². The number of anilines is 1. The Morgan fingerprint density at radius 3 is 3.00 bits per heavy atom. The van der Waals surface area contributed by atoms with Crippen molar-refractivity contribution in [3.8, 4) is 0 Å². The molecule has 3 rings (SSSR count). The van der Waals surface area contributed by atoms with Crippen LogP contribution < -0.4 is 5.73 Å². The molecular formula is C15H19NO2S. The van der Waals surface area contributed by atoms with Gasteiger partial charge in [-0.05, 0) is 37.1 Å². The fourth-order valence-electron chi connectivity index (χ4n) is 3.06. The highest BCUT2D eigenvalue weighted by molar-refractivity contribution is 7.99. The van der Waals surface area contributed by atoms with Gasteiger partial charge in [0.1, 0.15) is 0 Å². The summed E-state index contributed by atoms with van der Waals surface area (Å²) in [5.74, 6) is 2.44. The molecule has 3 nitrogen and oxygen atoms in total. The second-order valence-corrected chi connectivity index (χ2v) is 6.58. The van der Waals surface area contributed by atoms with Crippen LogP contribution in [0, 0.1) is 5.92 Å². The van der Waals surface area contributed by atoms with E-state index in [4.69, 9.17) is 10.5 Å². The molecule has 0 radical (unpaired) electrons. The van der Waals surface area contributed by atoms with Crippen LogP contribution in [-0.2, 0) is 4.74 Å². The number of ketones is 1. The lowest BCUT2D eigenvalue weighted by atomic mass is 9.81. The first kappa shape index (κ1) is 13.0. The number of nitrogens with two attached hydrogens (primary N) is 1. The van der Waals surface area contributed by atoms with Gasteiger partial charge in [-0.2, -0.15) is 11.8 Å². The van der Waals surface area contributed by atoms with E-state index in [9.17, 15) is 4.79 Å².